The predicted octanol–water partition coefficient (Wildman–Crippen LogP) is 2.55. The highest BCUT2D eigenvalue weighted by Gasteiger charge is 2.38. The van der Waals surface area contributed by atoms with Crippen molar-refractivity contribution in [2.75, 3.05) is 6.54 Å². The molecule has 2 amide bonds. The smallest absolute Gasteiger partial charge is 0.322 e. The summed E-state index contributed by atoms with van der Waals surface area (Å²) in [6.07, 6.45) is 2.35. The van der Waals surface area contributed by atoms with E-state index in [-0.39, 0.29) is 25.4 Å². The first-order chi connectivity index (χ1) is 15.6. The molecule has 0 saturated carbocycles. The van der Waals surface area contributed by atoms with Crippen LogP contribution >= 0.6 is 15.9 Å². The molecule has 1 unspecified atom stereocenters. The van der Waals surface area contributed by atoms with Crippen LogP contribution in [-0.2, 0) is 22.7 Å². The van der Waals surface area contributed by atoms with Gasteiger partial charge in [0.2, 0.25) is 5.91 Å². The Hall–Kier alpha value is -3.40. The maximum absolute atomic E-state index is 13.4. The number of allylic oxidation sites excluding steroid dienone is 1. The zero-order valence-corrected chi connectivity index (χ0v) is 19.6. The fourth-order valence-electron chi connectivity index (χ4n) is 3.92. The Morgan fingerprint density at radius 1 is 1.27 bits per heavy atom. The maximum atomic E-state index is 13.4. The van der Waals surface area contributed by atoms with E-state index in [0.29, 0.717) is 17.7 Å². The fraction of sp³-hybridized carbons (Fsp3) is 0.304. The first-order valence-electron chi connectivity index (χ1n) is 10.3. The Bertz CT molecular complexity index is 1170. The molecule has 2 aromatic rings. The summed E-state index contributed by atoms with van der Waals surface area (Å²) in [7, 11) is 0. The first-order valence-corrected chi connectivity index (χ1v) is 11.1. The molecule has 33 heavy (non-hydrogen) atoms. The molecule has 0 spiro atoms. The largest absolute Gasteiger partial charge is 0.506 e. The number of pyridine rings is 1. The van der Waals surface area contributed by atoms with Crippen LogP contribution in [0, 0.1) is 0 Å². The van der Waals surface area contributed by atoms with E-state index in [2.05, 4.69) is 27.8 Å². The van der Waals surface area contributed by atoms with E-state index in [4.69, 9.17) is 5.11 Å². The number of rotatable bonds is 8. The van der Waals surface area contributed by atoms with E-state index in [1.807, 2.05) is 24.3 Å². The van der Waals surface area contributed by atoms with Gasteiger partial charge in [-0.2, -0.15) is 0 Å². The van der Waals surface area contributed by atoms with Gasteiger partial charge in [-0.15, -0.1) is 6.58 Å². The Balaban J connectivity index is 2.13. The number of nitrogens with zero attached hydrogens (tertiary/aromatic N) is 2. The van der Waals surface area contributed by atoms with Gasteiger partial charge < -0.3 is 25.0 Å². The molecule has 3 N–H and O–H groups in total. The molecule has 1 aromatic heterocycles. The Labute approximate surface area is 198 Å². The highest BCUT2D eigenvalue weighted by molar-refractivity contribution is 9.10. The average Bonchev–Trinajstić information content (AvgIpc) is 3.12. The summed E-state index contributed by atoms with van der Waals surface area (Å²) in [5.41, 5.74) is 0.214. The summed E-state index contributed by atoms with van der Waals surface area (Å²) in [5.74, 6) is -2.98. The monoisotopic (exact) mass is 517 g/mol. The van der Waals surface area contributed by atoms with Crippen molar-refractivity contribution in [3.05, 3.63) is 74.1 Å². The number of fused-ring (bicyclic) bond motifs is 1. The summed E-state index contributed by atoms with van der Waals surface area (Å²) >= 11 is 3.36. The zero-order chi connectivity index (χ0) is 24.3. The van der Waals surface area contributed by atoms with Gasteiger partial charge in [0, 0.05) is 16.5 Å². The van der Waals surface area contributed by atoms with Crippen LogP contribution in [-0.4, -0.2) is 44.0 Å². The van der Waals surface area contributed by atoms with E-state index in [9.17, 15) is 24.3 Å². The van der Waals surface area contributed by atoms with Gasteiger partial charge in [-0.25, -0.2) is 0 Å². The van der Waals surface area contributed by atoms with Crippen molar-refractivity contribution in [2.24, 2.45) is 0 Å². The van der Waals surface area contributed by atoms with Gasteiger partial charge >= 0.3 is 5.97 Å². The van der Waals surface area contributed by atoms with Gasteiger partial charge in [0.15, 0.2) is 0 Å². The number of amides is 2. The van der Waals surface area contributed by atoms with Crippen molar-refractivity contribution in [3.8, 4) is 5.75 Å². The quantitative estimate of drug-likeness (QED) is 0.461. The van der Waals surface area contributed by atoms with Crippen LogP contribution < -0.4 is 10.9 Å². The maximum Gasteiger partial charge on any atom is 0.322 e. The van der Waals surface area contributed by atoms with Gasteiger partial charge in [0.05, 0.1) is 24.8 Å². The van der Waals surface area contributed by atoms with Crippen LogP contribution in [0.25, 0.3) is 0 Å². The van der Waals surface area contributed by atoms with Crippen molar-refractivity contribution < 1.29 is 24.6 Å². The summed E-state index contributed by atoms with van der Waals surface area (Å²) in [6.45, 7) is 4.81. The van der Waals surface area contributed by atoms with Crippen molar-refractivity contribution in [2.45, 2.75) is 38.9 Å². The van der Waals surface area contributed by atoms with Crippen molar-refractivity contribution in [1.82, 2.24) is 14.8 Å². The molecular weight excluding hydrogens is 494 g/mol. The third kappa shape index (κ3) is 5.00. The number of benzene rings is 1. The summed E-state index contributed by atoms with van der Waals surface area (Å²) in [4.78, 5) is 51.1. The predicted molar refractivity (Wildman–Crippen MR) is 124 cm³/mol. The van der Waals surface area contributed by atoms with Crippen LogP contribution in [0.5, 0.6) is 5.75 Å². The second-order valence-corrected chi connectivity index (χ2v) is 8.62. The van der Waals surface area contributed by atoms with E-state index in [1.165, 1.54) is 4.57 Å². The second-order valence-electron chi connectivity index (χ2n) is 7.71. The number of carbonyl (C=O) groups is 3. The van der Waals surface area contributed by atoms with Crippen LogP contribution in [0.2, 0.25) is 0 Å². The van der Waals surface area contributed by atoms with Gasteiger partial charge in [0.1, 0.15) is 17.9 Å². The van der Waals surface area contributed by atoms with Crippen LogP contribution in [0.4, 0.5) is 0 Å². The van der Waals surface area contributed by atoms with Gasteiger partial charge in [0.25, 0.3) is 11.5 Å². The molecule has 1 aliphatic rings. The molecule has 10 heteroatoms. The summed E-state index contributed by atoms with van der Waals surface area (Å²) in [5, 5.41) is 21.9. The van der Waals surface area contributed by atoms with Crippen LogP contribution in [0.3, 0.4) is 0 Å². The number of nitrogens with one attached hydrogen (secondary N) is 1. The lowest BCUT2D eigenvalue weighted by atomic mass is 10.1. The average molecular weight is 518 g/mol. The lowest BCUT2D eigenvalue weighted by molar-refractivity contribution is -0.136. The Morgan fingerprint density at radius 2 is 1.94 bits per heavy atom. The van der Waals surface area contributed by atoms with Crippen LogP contribution in [0.15, 0.2) is 46.2 Å². The van der Waals surface area contributed by atoms with E-state index in [0.717, 1.165) is 10.0 Å². The number of aromatic hydroxyl groups is 1. The number of carboxylic acids is 1. The summed E-state index contributed by atoms with van der Waals surface area (Å²) < 4.78 is 2.23. The summed E-state index contributed by atoms with van der Waals surface area (Å²) in [6, 6.07) is 6.74. The Morgan fingerprint density at radius 3 is 2.55 bits per heavy atom. The van der Waals surface area contributed by atoms with Crippen molar-refractivity contribution in [3.63, 3.8) is 0 Å². The minimum atomic E-state index is -1.29. The van der Waals surface area contributed by atoms with Gasteiger partial charge in [-0.05, 0) is 31.0 Å². The number of aliphatic carboxylic acids is 1. The lowest BCUT2D eigenvalue weighted by Crippen LogP contribution is -2.37. The molecule has 1 aromatic carbocycles. The molecule has 174 valence electrons. The lowest BCUT2D eigenvalue weighted by Gasteiger charge is -2.23. The molecule has 0 aliphatic carbocycles. The Kier molecular flexibility index (Phi) is 7.37. The first kappa shape index (κ1) is 24.2. The van der Waals surface area contributed by atoms with Crippen molar-refractivity contribution in [1.29, 1.82) is 0 Å². The molecular formula is C23H24BrN3O6. The molecule has 1 atom stereocenters. The molecule has 2 heterocycles. The van der Waals surface area contributed by atoms with Gasteiger partial charge in [-0.3, -0.25) is 19.2 Å². The standard InChI is InChI=1S/C23H24BrN3O6/c1-3-4-5-17(28)26-12-16-20(13(26)2)27(11-14-6-8-15(24)9-7-14)23(33)19(21(16)31)22(32)25-10-18(29)30/h3,6-9,13,31H,1,4-5,10-12H2,2H3,(H,25,32)(H,29,30). The number of carboxylic acid groups (broad SMARTS) is 1. The topological polar surface area (TPSA) is 129 Å². The highest BCUT2D eigenvalue weighted by atomic mass is 79.9. The molecule has 9 nitrogen and oxygen atoms in total. The fourth-order valence-corrected chi connectivity index (χ4v) is 4.19. The SMILES string of the molecule is C=CCCC(=O)N1Cc2c(O)c(C(=O)NCC(=O)O)c(=O)n(Cc3ccc(Br)cc3)c2C1C. The number of hydrogen-bond acceptors (Lipinski definition) is 5. The van der Waals surface area contributed by atoms with E-state index < -0.39 is 41.3 Å². The molecule has 0 saturated heterocycles. The number of carbonyl (C=O) groups excluding carboxylic acids is 2. The third-order valence-corrected chi connectivity index (χ3v) is 6.07. The molecule has 0 bridgehead atoms. The number of halogens is 1. The minimum Gasteiger partial charge on any atom is -0.506 e. The van der Waals surface area contributed by atoms with Crippen molar-refractivity contribution >= 4 is 33.7 Å². The minimum absolute atomic E-state index is 0.0259. The van der Waals surface area contributed by atoms with E-state index >= 15 is 0 Å². The molecule has 0 radical (unpaired) electrons. The number of hydrogen-bond donors (Lipinski definition) is 3. The third-order valence-electron chi connectivity index (χ3n) is 5.54. The molecule has 0 fully saturated rings. The second kappa shape index (κ2) is 10.0. The zero-order valence-electron chi connectivity index (χ0n) is 18.0. The normalized spacial score (nSPS) is 14.6. The van der Waals surface area contributed by atoms with Crippen LogP contribution in [0.1, 0.15) is 53.0 Å². The number of aromatic nitrogens is 1. The van der Waals surface area contributed by atoms with Gasteiger partial charge in [-0.1, -0.05) is 34.1 Å². The molecule has 3 rings (SSSR count). The molecule has 1 aliphatic heterocycles. The highest BCUT2D eigenvalue weighted by Crippen LogP contribution is 2.39. The van der Waals surface area contributed by atoms with E-state index in [1.54, 1.807) is 17.9 Å².